The number of benzene rings is 1. The maximum absolute atomic E-state index is 13.8. The molecule has 0 saturated heterocycles. The van der Waals surface area contributed by atoms with E-state index in [0.717, 1.165) is 24.6 Å². The van der Waals surface area contributed by atoms with Crippen molar-refractivity contribution in [3.8, 4) is 0 Å². The van der Waals surface area contributed by atoms with Gasteiger partial charge >= 0.3 is 0 Å². The van der Waals surface area contributed by atoms with Gasteiger partial charge in [-0.15, -0.1) is 0 Å². The van der Waals surface area contributed by atoms with Crippen LogP contribution < -0.4 is 10.6 Å². The van der Waals surface area contributed by atoms with E-state index >= 15 is 0 Å². The topological polar surface area (TPSA) is 29.3 Å². The van der Waals surface area contributed by atoms with E-state index in [4.69, 9.17) is 5.73 Å². The van der Waals surface area contributed by atoms with Gasteiger partial charge in [0.1, 0.15) is 5.82 Å². The number of rotatable bonds is 5. The van der Waals surface area contributed by atoms with E-state index < -0.39 is 0 Å². The highest BCUT2D eigenvalue weighted by molar-refractivity contribution is 5.49. The molecule has 1 aromatic rings. The van der Waals surface area contributed by atoms with Crippen LogP contribution in [0.25, 0.3) is 0 Å². The lowest BCUT2D eigenvalue weighted by Gasteiger charge is -2.23. The molecule has 1 aromatic carbocycles. The summed E-state index contributed by atoms with van der Waals surface area (Å²) in [6.45, 7) is 4.30. The monoisotopic (exact) mass is 222 g/mol. The number of hydrogen-bond acceptors (Lipinski definition) is 2. The summed E-state index contributed by atoms with van der Waals surface area (Å²) in [5.74, 6) is 0.624. The summed E-state index contributed by atoms with van der Waals surface area (Å²) in [4.78, 5) is 2.12. The Morgan fingerprint density at radius 3 is 2.69 bits per heavy atom. The molecule has 0 bridgehead atoms. The minimum Gasteiger partial charge on any atom is -0.369 e. The predicted molar refractivity (Wildman–Crippen MR) is 64.9 cm³/mol. The van der Waals surface area contributed by atoms with E-state index in [0.29, 0.717) is 12.2 Å². The molecule has 0 aromatic heterocycles. The zero-order valence-corrected chi connectivity index (χ0v) is 9.75. The standard InChI is InChI=1S/C13H19FN2/c1-2-16(9-10-3-4-10)13-6-5-11(8-15)7-12(13)14/h5-7,10H,2-4,8-9,15H2,1H3. The summed E-state index contributed by atoms with van der Waals surface area (Å²) in [6, 6.07) is 5.31. The largest absolute Gasteiger partial charge is 0.369 e. The van der Waals surface area contributed by atoms with Crippen LogP contribution in [0.5, 0.6) is 0 Å². The number of nitrogens with two attached hydrogens (primary N) is 1. The van der Waals surface area contributed by atoms with Crippen molar-refractivity contribution in [3.63, 3.8) is 0 Å². The van der Waals surface area contributed by atoms with Crippen LogP contribution in [0.3, 0.4) is 0 Å². The second kappa shape index (κ2) is 4.83. The fourth-order valence-electron chi connectivity index (χ4n) is 1.94. The first-order chi connectivity index (χ1) is 7.74. The number of halogens is 1. The van der Waals surface area contributed by atoms with Gasteiger partial charge in [0.05, 0.1) is 5.69 Å². The molecule has 0 aliphatic heterocycles. The van der Waals surface area contributed by atoms with Gasteiger partial charge in [-0.25, -0.2) is 4.39 Å². The molecule has 0 amide bonds. The van der Waals surface area contributed by atoms with Gasteiger partial charge in [-0.2, -0.15) is 0 Å². The quantitative estimate of drug-likeness (QED) is 0.829. The van der Waals surface area contributed by atoms with Gasteiger partial charge in [-0.05, 0) is 43.4 Å². The maximum Gasteiger partial charge on any atom is 0.146 e. The molecule has 16 heavy (non-hydrogen) atoms. The van der Waals surface area contributed by atoms with Crippen LogP contribution in [0.15, 0.2) is 18.2 Å². The first kappa shape index (κ1) is 11.4. The lowest BCUT2D eigenvalue weighted by atomic mass is 10.1. The van der Waals surface area contributed by atoms with E-state index in [9.17, 15) is 4.39 Å². The first-order valence-electron chi connectivity index (χ1n) is 5.98. The fourth-order valence-corrected chi connectivity index (χ4v) is 1.94. The van der Waals surface area contributed by atoms with Gasteiger partial charge in [0.15, 0.2) is 0 Å². The molecule has 1 fully saturated rings. The summed E-state index contributed by atoms with van der Waals surface area (Å²) in [6.07, 6.45) is 2.58. The van der Waals surface area contributed by atoms with Gasteiger partial charge < -0.3 is 10.6 Å². The van der Waals surface area contributed by atoms with Crippen LogP contribution >= 0.6 is 0 Å². The number of nitrogens with zero attached hydrogens (tertiary/aromatic N) is 1. The minimum atomic E-state index is -0.148. The van der Waals surface area contributed by atoms with Crippen molar-refractivity contribution in [2.75, 3.05) is 18.0 Å². The van der Waals surface area contributed by atoms with Crippen molar-refractivity contribution in [2.24, 2.45) is 11.7 Å². The Morgan fingerprint density at radius 1 is 1.44 bits per heavy atom. The van der Waals surface area contributed by atoms with Gasteiger partial charge in [0.2, 0.25) is 0 Å². The smallest absolute Gasteiger partial charge is 0.146 e. The van der Waals surface area contributed by atoms with E-state index in [1.165, 1.54) is 12.8 Å². The van der Waals surface area contributed by atoms with Crippen LogP contribution in [0, 0.1) is 11.7 Å². The van der Waals surface area contributed by atoms with Crippen molar-refractivity contribution in [3.05, 3.63) is 29.6 Å². The highest BCUT2D eigenvalue weighted by Crippen LogP contribution is 2.32. The second-order valence-electron chi connectivity index (χ2n) is 4.47. The Labute approximate surface area is 96.2 Å². The maximum atomic E-state index is 13.8. The van der Waals surface area contributed by atoms with Crippen LogP contribution in [0.2, 0.25) is 0 Å². The molecular formula is C13H19FN2. The molecule has 1 saturated carbocycles. The number of hydrogen-bond donors (Lipinski definition) is 1. The molecule has 88 valence electrons. The Bertz CT molecular complexity index is 361. The molecule has 2 rings (SSSR count). The molecule has 1 aliphatic carbocycles. The zero-order valence-electron chi connectivity index (χ0n) is 9.75. The van der Waals surface area contributed by atoms with Crippen LogP contribution in [0.1, 0.15) is 25.3 Å². The van der Waals surface area contributed by atoms with Gasteiger partial charge in [0, 0.05) is 19.6 Å². The average molecular weight is 222 g/mol. The summed E-state index contributed by atoms with van der Waals surface area (Å²) in [5.41, 5.74) is 7.05. The van der Waals surface area contributed by atoms with E-state index in [1.54, 1.807) is 6.07 Å². The third-order valence-corrected chi connectivity index (χ3v) is 3.15. The van der Waals surface area contributed by atoms with E-state index in [-0.39, 0.29) is 5.82 Å². The Morgan fingerprint density at radius 2 is 2.19 bits per heavy atom. The molecule has 3 heteroatoms. The molecule has 2 N–H and O–H groups in total. The van der Waals surface area contributed by atoms with Crippen molar-refractivity contribution in [1.82, 2.24) is 0 Å². The molecule has 0 spiro atoms. The Kier molecular flexibility index (Phi) is 3.44. The Balaban J connectivity index is 2.15. The summed E-state index contributed by atoms with van der Waals surface area (Å²) in [5, 5.41) is 0. The summed E-state index contributed by atoms with van der Waals surface area (Å²) in [7, 11) is 0. The molecule has 2 nitrogen and oxygen atoms in total. The zero-order chi connectivity index (χ0) is 11.5. The van der Waals surface area contributed by atoms with Crippen LogP contribution in [-0.4, -0.2) is 13.1 Å². The summed E-state index contributed by atoms with van der Waals surface area (Å²) >= 11 is 0. The van der Waals surface area contributed by atoms with Gasteiger partial charge in [-0.3, -0.25) is 0 Å². The predicted octanol–water partition coefficient (Wildman–Crippen LogP) is 2.52. The van der Waals surface area contributed by atoms with Crippen molar-refractivity contribution in [2.45, 2.75) is 26.3 Å². The fraction of sp³-hybridized carbons (Fsp3) is 0.538. The van der Waals surface area contributed by atoms with Gasteiger partial charge in [0.25, 0.3) is 0 Å². The molecule has 0 radical (unpaired) electrons. The highest BCUT2D eigenvalue weighted by atomic mass is 19.1. The van der Waals surface area contributed by atoms with Crippen LogP contribution in [-0.2, 0) is 6.54 Å². The van der Waals surface area contributed by atoms with Crippen molar-refractivity contribution < 1.29 is 4.39 Å². The third kappa shape index (κ3) is 2.53. The average Bonchev–Trinajstić information content (AvgIpc) is 3.10. The SMILES string of the molecule is CCN(CC1CC1)c1ccc(CN)cc1F. The highest BCUT2D eigenvalue weighted by Gasteiger charge is 2.24. The molecule has 1 aliphatic rings. The second-order valence-corrected chi connectivity index (χ2v) is 4.47. The first-order valence-corrected chi connectivity index (χ1v) is 5.98. The van der Waals surface area contributed by atoms with Crippen molar-refractivity contribution in [1.29, 1.82) is 0 Å². The van der Waals surface area contributed by atoms with Gasteiger partial charge in [-0.1, -0.05) is 6.07 Å². The molecular weight excluding hydrogens is 203 g/mol. The third-order valence-electron chi connectivity index (χ3n) is 3.15. The van der Waals surface area contributed by atoms with E-state index in [2.05, 4.69) is 11.8 Å². The van der Waals surface area contributed by atoms with Crippen molar-refractivity contribution >= 4 is 5.69 Å². The number of anilines is 1. The lowest BCUT2D eigenvalue weighted by molar-refractivity contribution is 0.611. The minimum absolute atomic E-state index is 0.148. The lowest BCUT2D eigenvalue weighted by Crippen LogP contribution is -2.26. The molecule has 0 heterocycles. The molecule has 0 unspecified atom stereocenters. The normalized spacial score (nSPS) is 15.2. The van der Waals surface area contributed by atoms with E-state index in [1.807, 2.05) is 12.1 Å². The Hall–Kier alpha value is -1.09. The summed E-state index contributed by atoms with van der Waals surface area (Å²) < 4.78 is 13.8. The molecule has 0 atom stereocenters. The van der Waals surface area contributed by atoms with Crippen LogP contribution in [0.4, 0.5) is 10.1 Å².